The van der Waals surface area contributed by atoms with Crippen LogP contribution >= 0.6 is 0 Å². The van der Waals surface area contributed by atoms with E-state index in [2.05, 4.69) is 23.0 Å². The Bertz CT molecular complexity index is 2480. The van der Waals surface area contributed by atoms with Gasteiger partial charge in [-0.25, -0.2) is 38.4 Å². The third-order valence-electron chi connectivity index (χ3n) is 11.2. The first kappa shape index (κ1) is 47.2. The summed E-state index contributed by atoms with van der Waals surface area (Å²) in [5.41, 5.74) is 1.69. The smallest absolute Gasteiger partial charge is 0.397 e. The molecule has 0 unspecified atom stereocenters. The zero-order valence-corrected chi connectivity index (χ0v) is 36.1. The lowest BCUT2D eigenvalue weighted by molar-refractivity contribution is -0.591. The van der Waals surface area contributed by atoms with Gasteiger partial charge in [0.2, 0.25) is 0 Å². The maximum Gasteiger partial charge on any atom is 0.426 e. The molecule has 358 valence electrons. The van der Waals surface area contributed by atoms with E-state index in [1.807, 2.05) is 18.2 Å². The van der Waals surface area contributed by atoms with Crippen LogP contribution in [-0.4, -0.2) is 143 Å². The highest BCUT2D eigenvalue weighted by molar-refractivity contribution is 5.97. The molecule has 8 rings (SSSR count). The van der Waals surface area contributed by atoms with E-state index in [0.29, 0.717) is 64.0 Å². The first-order valence-corrected chi connectivity index (χ1v) is 20.8. The Hall–Kier alpha value is -8.32. The molecule has 2 aromatic rings. The number of fused-ring (bicyclic) bond motifs is 2. The van der Waals surface area contributed by atoms with Gasteiger partial charge in [0.1, 0.15) is 0 Å². The van der Waals surface area contributed by atoms with Crippen molar-refractivity contribution in [2.24, 2.45) is 0 Å². The summed E-state index contributed by atoms with van der Waals surface area (Å²) >= 11 is 0. The number of nitrogens with zero attached hydrogens (tertiary/aromatic N) is 5. The Morgan fingerprint density at radius 1 is 0.565 bits per heavy atom. The number of esters is 8. The summed E-state index contributed by atoms with van der Waals surface area (Å²) in [5.74, 6) is -26.8. The number of hydrogen-bond acceptors (Lipinski definition) is 23. The highest BCUT2D eigenvalue weighted by atomic mass is 16.9. The van der Waals surface area contributed by atoms with Gasteiger partial charge in [0.15, 0.2) is 0 Å². The molecule has 24 heteroatoms. The van der Waals surface area contributed by atoms with Crippen molar-refractivity contribution < 1.29 is 85.9 Å². The van der Waals surface area contributed by atoms with E-state index in [9.17, 15) is 48.5 Å². The van der Waals surface area contributed by atoms with E-state index in [-0.39, 0.29) is 16.8 Å². The van der Waals surface area contributed by atoms with Crippen LogP contribution in [0.5, 0.6) is 0 Å². The first-order chi connectivity index (χ1) is 33.1. The van der Waals surface area contributed by atoms with E-state index < -0.39 is 103 Å². The molecule has 2 saturated heterocycles. The van der Waals surface area contributed by atoms with Gasteiger partial charge in [-0.1, -0.05) is 30.4 Å². The number of hydrogen-bond donors (Lipinski definition) is 0. The summed E-state index contributed by atoms with van der Waals surface area (Å²) in [5, 5.41) is 12.5. The molecule has 0 aliphatic carbocycles. The van der Waals surface area contributed by atoms with Crippen LogP contribution in [-0.2, 0) is 87.6 Å². The van der Waals surface area contributed by atoms with Crippen LogP contribution in [0.15, 0.2) is 116 Å². The van der Waals surface area contributed by atoms with Crippen LogP contribution in [0.1, 0.15) is 5.56 Å². The van der Waals surface area contributed by atoms with E-state index in [4.69, 9.17) is 42.6 Å². The molecular formula is C45H39N5O19. The third-order valence-corrected chi connectivity index (χ3v) is 11.2. The van der Waals surface area contributed by atoms with Crippen LogP contribution in [0.3, 0.4) is 0 Å². The quantitative estimate of drug-likeness (QED) is 0.0720. The molecule has 6 heterocycles. The second-order valence-corrected chi connectivity index (χ2v) is 15.4. The molecule has 69 heavy (non-hydrogen) atoms. The molecule has 0 bridgehead atoms. The van der Waals surface area contributed by atoms with Crippen LogP contribution in [0, 0.1) is 10.1 Å². The van der Waals surface area contributed by atoms with Crippen LogP contribution in [0.25, 0.3) is 11.1 Å². The fraction of sp³-hybridized carbons (Fsp3) is 0.289. The Labute approximate surface area is 389 Å². The second kappa shape index (κ2) is 18.8. The molecule has 0 N–H and O–H groups in total. The van der Waals surface area contributed by atoms with Gasteiger partial charge >= 0.3 is 71.4 Å². The molecule has 2 aromatic carbocycles. The van der Waals surface area contributed by atoms with Crippen molar-refractivity contribution in [3.63, 3.8) is 0 Å². The molecule has 6 aliphatic heterocycles. The standard InChI is InChI=1S/C45H39N5O19/c1-3-19-46-21-23-47(24-22-46)31-8-6-30(7-9-31)32-10-5-29(27-33(32)50(59)60)28-61-26-25-49-44(66-38(55)15-16-39(56)67-44)42(62-34(51)11-12-35(52)63-42)48(20-4-2)43(64-36(53)13-14-37(54)65-43)45(49)68-40(57)17-18-41(58)69-45/h3-18,27H,1-2,19-26,28H2. The van der Waals surface area contributed by atoms with Crippen molar-refractivity contribution >= 4 is 59.1 Å². The van der Waals surface area contributed by atoms with Gasteiger partial charge in [0.05, 0.1) is 23.7 Å². The van der Waals surface area contributed by atoms with Gasteiger partial charge in [-0.3, -0.25) is 15.0 Å². The average molecular weight is 954 g/mol. The number of anilines is 1. The van der Waals surface area contributed by atoms with Crippen LogP contribution in [0.4, 0.5) is 11.4 Å². The van der Waals surface area contributed by atoms with Gasteiger partial charge in [0.25, 0.3) is 5.69 Å². The van der Waals surface area contributed by atoms with Crippen molar-refractivity contribution in [2.45, 2.75) is 30.3 Å². The largest absolute Gasteiger partial charge is 0.426 e. The SMILES string of the molecule is C=CCN1CCN(c2ccc(-c3ccc(COCCN4C5(OC(=O)C=CC(=O)O5)C5(OC(=O)C=CC(=O)O5)N(CC=C)C5(OC(=O)C=CC(=O)O5)C45OC(=O)C=CC(=O)O5)cc3[N+](=O)[O-])cc2)CC1. The lowest BCUT2D eigenvalue weighted by Crippen LogP contribution is -2.94. The molecule has 0 radical (unpaired) electrons. The Kier molecular flexibility index (Phi) is 12.8. The fourth-order valence-electron chi connectivity index (χ4n) is 8.31. The Balaban J connectivity index is 1.19. The van der Waals surface area contributed by atoms with Crippen LogP contribution < -0.4 is 4.90 Å². The molecule has 0 saturated carbocycles. The summed E-state index contributed by atoms with van der Waals surface area (Å²) < 4.78 is 51.6. The highest BCUT2D eigenvalue weighted by Gasteiger charge is 2.92. The number of carbonyl (C=O) groups excluding carboxylic acids is 8. The summed E-state index contributed by atoms with van der Waals surface area (Å²) in [6.07, 6.45) is 7.08. The average Bonchev–Trinajstić information content (AvgIpc) is 3.73. The number of carbonyl (C=O) groups is 8. The predicted molar refractivity (Wildman–Crippen MR) is 227 cm³/mol. The molecule has 0 amide bonds. The minimum absolute atomic E-state index is 0.219. The predicted octanol–water partition coefficient (Wildman–Crippen LogP) is 1.13. The number of rotatable bonds is 12. The number of ether oxygens (including phenoxy) is 9. The van der Waals surface area contributed by atoms with Gasteiger partial charge in [0, 0.05) is 106 Å². The Morgan fingerprint density at radius 3 is 1.36 bits per heavy atom. The molecule has 4 spiro atoms. The lowest BCUT2D eigenvalue weighted by Gasteiger charge is -2.64. The molecular weight excluding hydrogens is 915 g/mol. The van der Waals surface area contributed by atoms with Gasteiger partial charge in [-0.05, 0) is 29.3 Å². The molecule has 6 aliphatic rings. The van der Waals surface area contributed by atoms with Crippen molar-refractivity contribution in [1.29, 1.82) is 0 Å². The summed E-state index contributed by atoms with van der Waals surface area (Å²) in [6.45, 7) is 8.17. The second-order valence-electron chi connectivity index (χ2n) is 15.4. The minimum atomic E-state index is -3.70. The molecule has 2 fully saturated rings. The fourth-order valence-corrected chi connectivity index (χ4v) is 8.31. The zero-order chi connectivity index (χ0) is 49.1. The van der Waals surface area contributed by atoms with Gasteiger partial charge in [-0.2, -0.15) is 0 Å². The van der Waals surface area contributed by atoms with E-state index in [0.717, 1.165) is 44.5 Å². The van der Waals surface area contributed by atoms with E-state index in [1.165, 1.54) is 18.2 Å². The highest BCUT2D eigenvalue weighted by Crippen LogP contribution is 2.58. The maximum absolute atomic E-state index is 13.6. The van der Waals surface area contributed by atoms with Crippen molar-refractivity contribution in [2.75, 3.05) is 57.3 Å². The van der Waals surface area contributed by atoms with Crippen molar-refractivity contribution in [3.8, 4) is 11.1 Å². The Morgan fingerprint density at radius 2 is 0.971 bits per heavy atom. The number of nitro groups is 1. The number of nitro benzene ring substituents is 1. The first-order valence-electron chi connectivity index (χ1n) is 20.8. The van der Waals surface area contributed by atoms with Gasteiger partial charge in [-0.15, -0.1) is 23.0 Å². The normalized spacial score (nSPS) is 21.7. The third kappa shape index (κ3) is 8.63. The zero-order valence-electron chi connectivity index (χ0n) is 36.1. The monoisotopic (exact) mass is 953 g/mol. The van der Waals surface area contributed by atoms with Crippen LogP contribution in [0.2, 0.25) is 0 Å². The number of benzene rings is 2. The van der Waals surface area contributed by atoms with E-state index in [1.54, 1.807) is 12.1 Å². The topological polar surface area (TPSA) is 276 Å². The summed E-state index contributed by atoms with van der Waals surface area (Å²) in [7, 11) is 0. The number of piperazine rings is 2. The van der Waals surface area contributed by atoms with Crippen molar-refractivity contribution in [3.05, 3.63) is 132 Å². The van der Waals surface area contributed by atoms with E-state index >= 15 is 0 Å². The molecule has 24 nitrogen and oxygen atoms in total. The molecule has 0 atom stereocenters. The molecule has 0 aromatic heterocycles. The van der Waals surface area contributed by atoms with Crippen molar-refractivity contribution in [1.82, 2.24) is 14.7 Å². The van der Waals surface area contributed by atoms with Gasteiger partial charge < -0.3 is 47.5 Å². The maximum atomic E-state index is 13.6. The summed E-state index contributed by atoms with van der Waals surface area (Å²) in [6, 6.07) is 11.6. The lowest BCUT2D eigenvalue weighted by atomic mass is 10.0. The minimum Gasteiger partial charge on any atom is -0.397 e. The summed E-state index contributed by atoms with van der Waals surface area (Å²) in [4.78, 5) is 126.